The van der Waals surface area contributed by atoms with Gasteiger partial charge in [0.15, 0.2) is 0 Å². The van der Waals surface area contributed by atoms with Crippen molar-refractivity contribution >= 4 is 5.97 Å². The maximum absolute atomic E-state index is 10.8. The lowest BCUT2D eigenvalue weighted by atomic mass is 10.2. The number of carboxylic acid groups (broad SMARTS) is 1. The smallest absolute Gasteiger partial charge is 0.331 e. The van der Waals surface area contributed by atoms with Crippen LogP contribution in [0.25, 0.3) is 0 Å². The van der Waals surface area contributed by atoms with E-state index in [2.05, 4.69) is 4.98 Å². The highest BCUT2D eigenvalue weighted by Gasteiger charge is 2.05. The van der Waals surface area contributed by atoms with E-state index in [1.807, 2.05) is 44.0 Å². The molecule has 0 fully saturated rings. The van der Waals surface area contributed by atoms with E-state index in [1.165, 1.54) is 0 Å². The molecule has 0 spiro atoms. The number of carboxylic acids is 1. The van der Waals surface area contributed by atoms with Gasteiger partial charge in [-0.05, 0) is 32.5 Å². The van der Waals surface area contributed by atoms with Crippen molar-refractivity contribution < 1.29 is 9.90 Å². The molecule has 0 aliphatic heterocycles. The van der Waals surface area contributed by atoms with Crippen molar-refractivity contribution in [2.45, 2.75) is 26.8 Å². The first-order valence-electron chi connectivity index (χ1n) is 6.06. The molecule has 1 N–H and O–H groups in total. The van der Waals surface area contributed by atoms with Gasteiger partial charge in [-0.2, -0.15) is 0 Å². The zero-order valence-corrected chi connectivity index (χ0v) is 11.2. The minimum absolute atomic E-state index is 0.457. The Morgan fingerprint density at radius 3 is 2.78 bits per heavy atom. The van der Waals surface area contributed by atoms with Crippen LogP contribution in [0.5, 0.6) is 0 Å². The van der Waals surface area contributed by atoms with E-state index < -0.39 is 5.97 Å². The topological polar surface area (TPSA) is 53.4 Å². The van der Waals surface area contributed by atoms with Gasteiger partial charge in [0.25, 0.3) is 0 Å². The predicted molar refractivity (Wildman–Crippen MR) is 71.3 cm³/mol. The molecule has 1 aromatic heterocycles. The Balaban J connectivity index is 2.56. The molecule has 0 saturated heterocycles. The van der Waals surface area contributed by atoms with Crippen molar-refractivity contribution in [3.63, 3.8) is 0 Å². The molecule has 0 amide bonds. The predicted octanol–water partition coefficient (Wildman–Crippen LogP) is 2.24. The summed E-state index contributed by atoms with van der Waals surface area (Å²) in [5, 5.41) is 8.91. The first-order chi connectivity index (χ1) is 8.52. The Kier molecular flexibility index (Phi) is 5.52. The third kappa shape index (κ3) is 4.67. The van der Waals surface area contributed by atoms with Crippen molar-refractivity contribution in [2.75, 3.05) is 13.6 Å². The lowest BCUT2D eigenvalue weighted by molar-refractivity contribution is -0.132. The maximum atomic E-state index is 10.8. The average molecular weight is 248 g/mol. The molecular weight excluding hydrogens is 228 g/mol. The van der Waals surface area contributed by atoms with E-state index in [0.717, 1.165) is 17.9 Å². The van der Waals surface area contributed by atoms with Crippen LogP contribution in [0.1, 0.15) is 24.7 Å². The molecule has 0 atom stereocenters. The van der Waals surface area contributed by atoms with Crippen LogP contribution < -0.4 is 0 Å². The van der Waals surface area contributed by atoms with Gasteiger partial charge in [0.05, 0.1) is 5.69 Å². The lowest BCUT2D eigenvalue weighted by Crippen LogP contribution is -2.19. The summed E-state index contributed by atoms with van der Waals surface area (Å²) >= 11 is 0. The molecule has 98 valence electrons. The SMILES string of the molecule is CCC(=CCN(C)Cc1cccc(C)n1)C(=O)O. The van der Waals surface area contributed by atoms with Crippen molar-refractivity contribution in [1.29, 1.82) is 0 Å². The van der Waals surface area contributed by atoms with Crippen LogP contribution in [0.15, 0.2) is 29.8 Å². The third-order valence-electron chi connectivity index (χ3n) is 2.68. The number of hydrogen-bond donors (Lipinski definition) is 1. The van der Waals surface area contributed by atoms with E-state index in [-0.39, 0.29) is 0 Å². The number of pyridine rings is 1. The quantitative estimate of drug-likeness (QED) is 0.784. The maximum Gasteiger partial charge on any atom is 0.331 e. The second-order valence-corrected chi connectivity index (χ2v) is 4.36. The molecule has 18 heavy (non-hydrogen) atoms. The molecular formula is C14H20N2O2. The molecule has 0 aliphatic carbocycles. The number of carbonyl (C=O) groups is 1. The number of rotatable bonds is 6. The molecule has 4 nitrogen and oxygen atoms in total. The number of likely N-dealkylation sites (N-methyl/N-ethyl adjacent to an activating group) is 1. The first-order valence-corrected chi connectivity index (χ1v) is 6.06. The van der Waals surface area contributed by atoms with Crippen molar-refractivity contribution in [1.82, 2.24) is 9.88 Å². The number of aliphatic carboxylic acids is 1. The van der Waals surface area contributed by atoms with Gasteiger partial charge in [-0.25, -0.2) is 4.79 Å². The Morgan fingerprint density at radius 2 is 2.22 bits per heavy atom. The van der Waals surface area contributed by atoms with Crippen LogP contribution >= 0.6 is 0 Å². The van der Waals surface area contributed by atoms with Gasteiger partial charge < -0.3 is 5.11 Å². The summed E-state index contributed by atoms with van der Waals surface area (Å²) in [6.45, 7) is 5.14. The van der Waals surface area contributed by atoms with Gasteiger partial charge in [0, 0.05) is 24.4 Å². The monoisotopic (exact) mass is 248 g/mol. The van der Waals surface area contributed by atoms with Gasteiger partial charge in [-0.15, -0.1) is 0 Å². The number of aromatic nitrogens is 1. The number of hydrogen-bond acceptors (Lipinski definition) is 3. The van der Waals surface area contributed by atoms with Crippen LogP contribution in [-0.4, -0.2) is 34.6 Å². The highest BCUT2D eigenvalue weighted by atomic mass is 16.4. The zero-order chi connectivity index (χ0) is 13.5. The lowest BCUT2D eigenvalue weighted by Gasteiger charge is -2.14. The molecule has 0 radical (unpaired) electrons. The summed E-state index contributed by atoms with van der Waals surface area (Å²) in [6.07, 6.45) is 2.31. The van der Waals surface area contributed by atoms with Gasteiger partial charge in [0.2, 0.25) is 0 Å². The highest BCUT2D eigenvalue weighted by molar-refractivity contribution is 5.86. The standard InChI is InChI=1S/C14H20N2O2/c1-4-12(14(17)18)8-9-16(3)10-13-7-5-6-11(2)15-13/h5-8H,4,9-10H2,1-3H3,(H,17,18). The molecule has 1 heterocycles. The molecule has 0 aromatic carbocycles. The summed E-state index contributed by atoms with van der Waals surface area (Å²) in [6, 6.07) is 5.92. The molecule has 0 saturated carbocycles. The van der Waals surface area contributed by atoms with Crippen LogP contribution in [0.4, 0.5) is 0 Å². The average Bonchev–Trinajstić information content (AvgIpc) is 2.29. The number of aryl methyl sites for hydroxylation is 1. The Labute approximate surface area is 108 Å². The molecule has 1 aromatic rings. The van der Waals surface area contributed by atoms with Gasteiger partial charge in [-0.1, -0.05) is 19.1 Å². The fraction of sp³-hybridized carbons (Fsp3) is 0.429. The Morgan fingerprint density at radius 1 is 1.50 bits per heavy atom. The summed E-state index contributed by atoms with van der Waals surface area (Å²) in [5.41, 5.74) is 2.45. The van der Waals surface area contributed by atoms with Gasteiger partial charge >= 0.3 is 5.97 Å². The molecule has 0 aliphatic rings. The zero-order valence-electron chi connectivity index (χ0n) is 11.2. The van der Waals surface area contributed by atoms with Crippen LogP contribution in [0, 0.1) is 6.92 Å². The van der Waals surface area contributed by atoms with Gasteiger partial charge in [0.1, 0.15) is 0 Å². The van der Waals surface area contributed by atoms with E-state index in [1.54, 1.807) is 6.08 Å². The summed E-state index contributed by atoms with van der Waals surface area (Å²) < 4.78 is 0. The fourth-order valence-corrected chi connectivity index (χ4v) is 1.68. The van der Waals surface area contributed by atoms with Crippen molar-refractivity contribution in [2.24, 2.45) is 0 Å². The summed E-state index contributed by atoms with van der Waals surface area (Å²) in [4.78, 5) is 17.3. The van der Waals surface area contributed by atoms with Gasteiger partial charge in [-0.3, -0.25) is 9.88 Å². The third-order valence-corrected chi connectivity index (χ3v) is 2.68. The van der Waals surface area contributed by atoms with E-state index in [4.69, 9.17) is 5.11 Å². The summed E-state index contributed by atoms with van der Waals surface area (Å²) in [7, 11) is 1.95. The fourth-order valence-electron chi connectivity index (χ4n) is 1.68. The minimum Gasteiger partial charge on any atom is -0.478 e. The van der Waals surface area contributed by atoms with Crippen LogP contribution in [0.3, 0.4) is 0 Å². The van der Waals surface area contributed by atoms with Crippen LogP contribution in [0.2, 0.25) is 0 Å². The molecule has 4 heteroatoms. The first kappa shape index (κ1) is 14.4. The highest BCUT2D eigenvalue weighted by Crippen LogP contribution is 2.04. The molecule has 0 unspecified atom stereocenters. The summed E-state index contributed by atoms with van der Waals surface area (Å²) in [5.74, 6) is -0.834. The van der Waals surface area contributed by atoms with Crippen molar-refractivity contribution in [3.8, 4) is 0 Å². The van der Waals surface area contributed by atoms with Crippen LogP contribution in [-0.2, 0) is 11.3 Å². The Bertz CT molecular complexity index is 441. The number of nitrogens with zero attached hydrogens (tertiary/aromatic N) is 2. The Hall–Kier alpha value is -1.68. The van der Waals surface area contributed by atoms with E-state index in [0.29, 0.717) is 18.5 Å². The molecule has 0 bridgehead atoms. The minimum atomic E-state index is -0.834. The van der Waals surface area contributed by atoms with E-state index >= 15 is 0 Å². The second kappa shape index (κ2) is 6.91. The largest absolute Gasteiger partial charge is 0.478 e. The van der Waals surface area contributed by atoms with Crippen molar-refractivity contribution in [3.05, 3.63) is 41.2 Å². The second-order valence-electron chi connectivity index (χ2n) is 4.36. The molecule has 1 rings (SSSR count). The normalized spacial score (nSPS) is 11.9. The van der Waals surface area contributed by atoms with E-state index in [9.17, 15) is 4.79 Å².